The monoisotopic (exact) mass is 347 g/mol. The molecule has 0 atom stereocenters. The van der Waals surface area contributed by atoms with Crippen molar-refractivity contribution in [3.05, 3.63) is 39.6 Å². The van der Waals surface area contributed by atoms with Gasteiger partial charge in [0.1, 0.15) is 11.8 Å². The maximum atomic E-state index is 12.4. The summed E-state index contributed by atoms with van der Waals surface area (Å²) in [6.45, 7) is 4.16. The van der Waals surface area contributed by atoms with E-state index in [1.54, 1.807) is 29.8 Å². The minimum absolute atomic E-state index is 0.305. The summed E-state index contributed by atoms with van der Waals surface area (Å²) in [5, 5.41) is 16.0. The highest BCUT2D eigenvalue weighted by Gasteiger charge is 2.20. The normalized spacial score (nSPS) is 10.2. The first-order valence-electron chi connectivity index (χ1n) is 6.31. The first-order chi connectivity index (χ1) is 9.97. The van der Waals surface area contributed by atoms with Gasteiger partial charge in [-0.1, -0.05) is 15.9 Å². The number of halogens is 1. The summed E-state index contributed by atoms with van der Waals surface area (Å²) in [4.78, 5) is 12.4. The van der Waals surface area contributed by atoms with Crippen LogP contribution in [0.15, 0.2) is 22.7 Å². The zero-order chi connectivity index (χ0) is 15.6. The molecule has 1 amide bonds. The van der Waals surface area contributed by atoms with Gasteiger partial charge in [0.2, 0.25) is 0 Å². The van der Waals surface area contributed by atoms with E-state index in [9.17, 15) is 4.79 Å². The first-order valence-corrected chi connectivity index (χ1v) is 7.11. The highest BCUT2D eigenvalue weighted by atomic mass is 79.9. The average Bonchev–Trinajstić information content (AvgIpc) is 2.74. The van der Waals surface area contributed by atoms with E-state index in [0.717, 1.165) is 4.47 Å². The summed E-state index contributed by atoms with van der Waals surface area (Å²) in [5.74, 6) is -0.385. The van der Waals surface area contributed by atoms with Gasteiger partial charge in [-0.2, -0.15) is 10.4 Å². The molecule has 21 heavy (non-hydrogen) atoms. The van der Waals surface area contributed by atoms with Crippen molar-refractivity contribution in [2.24, 2.45) is 0 Å². The lowest BCUT2D eigenvalue weighted by atomic mass is 10.2. The van der Waals surface area contributed by atoms with Gasteiger partial charge in [-0.25, -0.2) is 0 Å². The van der Waals surface area contributed by atoms with Crippen LogP contribution in [0, 0.1) is 18.3 Å². The standard InChI is InChI=1S/C14H14BrN5O/c1-3-20-13(12(17)8(2)19-20)14(21)18-11-6-10(15)5-4-9(11)7-16/h4-6H,3,17H2,1-2H3,(H,18,21). The lowest BCUT2D eigenvalue weighted by molar-refractivity contribution is 0.101. The Morgan fingerprint density at radius 2 is 2.29 bits per heavy atom. The molecule has 2 aromatic rings. The highest BCUT2D eigenvalue weighted by Crippen LogP contribution is 2.23. The summed E-state index contributed by atoms with van der Waals surface area (Å²) in [7, 11) is 0. The third-order valence-electron chi connectivity index (χ3n) is 3.04. The molecule has 0 aliphatic rings. The molecular formula is C14H14BrN5O. The smallest absolute Gasteiger partial charge is 0.276 e. The van der Waals surface area contributed by atoms with E-state index in [0.29, 0.717) is 34.9 Å². The predicted octanol–water partition coefficient (Wildman–Crippen LogP) is 2.68. The number of nitrogens with two attached hydrogens (primary N) is 1. The molecule has 108 valence electrons. The number of aryl methyl sites for hydroxylation is 2. The fourth-order valence-electron chi connectivity index (χ4n) is 1.96. The van der Waals surface area contributed by atoms with Crippen molar-refractivity contribution in [3.8, 4) is 6.07 Å². The first kappa shape index (κ1) is 15.1. The molecule has 0 fully saturated rings. The van der Waals surface area contributed by atoms with E-state index in [-0.39, 0.29) is 5.91 Å². The van der Waals surface area contributed by atoms with Crippen molar-refractivity contribution < 1.29 is 4.79 Å². The van der Waals surface area contributed by atoms with E-state index in [4.69, 9.17) is 11.0 Å². The zero-order valence-corrected chi connectivity index (χ0v) is 13.2. The van der Waals surface area contributed by atoms with Crippen LogP contribution < -0.4 is 11.1 Å². The van der Waals surface area contributed by atoms with Gasteiger partial charge < -0.3 is 11.1 Å². The molecular weight excluding hydrogens is 334 g/mol. The number of nitrogens with zero attached hydrogens (tertiary/aromatic N) is 3. The van der Waals surface area contributed by atoms with Gasteiger partial charge in [0, 0.05) is 11.0 Å². The molecule has 3 N–H and O–H groups in total. The van der Waals surface area contributed by atoms with Crippen LogP contribution in [0.3, 0.4) is 0 Å². The Kier molecular flexibility index (Phi) is 4.29. The Hall–Kier alpha value is -2.33. The van der Waals surface area contributed by atoms with Gasteiger partial charge in [0.05, 0.1) is 22.6 Å². The molecule has 1 aromatic carbocycles. The maximum absolute atomic E-state index is 12.4. The van der Waals surface area contributed by atoms with Crippen molar-refractivity contribution in [2.45, 2.75) is 20.4 Å². The number of amides is 1. The van der Waals surface area contributed by atoms with Crippen LogP contribution in [0.5, 0.6) is 0 Å². The Bertz CT molecular complexity index is 745. The van der Waals surface area contributed by atoms with Gasteiger partial charge in [-0.15, -0.1) is 0 Å². The van der Waals surface area contributed by atoms with Crippen molar-refractivity contribution in [1.82, 2.24) is 9.78 Å². The van der Waals surface area contributed by atoms with Crippen molar-refractivity contribution >= 4 is 33.2 Å². The van der Waals surface area contributed by atoms with Gasteiger partial charge >= 0.3 is 0 Å². The lowest BCUT2D eigenvalue weighted by Gasteiger charge is -2.09. The van der Waals surface area contributed by atoms with E-state index in [1.165, 1.54) is 0 Å². The van der Waals surface area contributed by atoms with E-state index < -0.39 is 0 Å². The summed E-state index contributed by atoms with van der Waals surface area (Å²) >= 11 is 3.32. The van der Waals surface area contributed by atoms with Crippen LogP contribution in [-0.4, -0.2) is 15.7 Å². The number of carbonyl (C=O) groups excluding carboxylic acids is 1. The number of benzene rings is 1. The summed E-state index contributed by atoms with van der Waals surface area (Å²) in [6, 6.07) is 7.08. The summed E-state index contributed by atoms with van der Waals surface area (Å²) in [5.41, 5.74) is 7.99. The number of rotatable bonds is 3. The SMILES string of the molecule is CCn1nc(C)c(N)c1C(=O)Nc1cc(Br)ccc1C#N. The number of carbonyl (C=O) groups is 1. The molecule has 1 heterocycles. The molecule has 1 aromatic heterocycles. The number of nitrogen functional groups attached to an aromatic ring is 1. The van der Waals surface area contributed by atoms with Gasteiger partial charge in [-0.3, -0.25) is 9.48 Å². The largest absolute Gasteiger partial charge is 0.395 e. The number of aromatic nitrogens is 2. The van der Waals surface area contributed by atoms with Crippen LogP contribution >= 0.6 is 15.9 Å². The average molecular weight is 348 g/mol. The molecule has 2 rings (SSSR count). The summed E-state index contributed by atoms with van der Waals surface area (Å²) < 4.78 is 2.31. The fraction of sp³-hybridized carbons (Fsp3) is 0.214. The number of hydrogen-bond donors (Lipinski definition) is 2. The Morgan fingerprint density at radius 1 is 1.57 bits per heavy atom. The molecule has 0 bridgehead atoms. The van der Waals surface area contributed by atoms with Crippen LogP contribution in [-0.2, 0) is 6.54 Å². The molecule has 0 aliphatic carbocycles. The van der Waals surface area contributed by atoms with Gasteiger partial charge in [-0.05, 0) is 32.0 Å². The topological polar surface area (TPSA) is 96.7 Å². The highest BCUT2D eigenvalue weighted by molar-refractivity contribution is 9.10. The lowest BCUT2D eigenvalue weighted by Crippen LogP contribution is -2.19. The third kappa shape index (κ3) is 2.90. The van der Waals surface area contributed by atoms with Crippen LogP contribution in [0.1, 0.15) is 28.7 Å². The third-order valence-corrected chi connectivity index (χ3v) is 3.53. The molecule has 0 unspecified atom stereocenters. The second-order valence-electron chi connectivity index (χ2n) is 4.42. The molecule has 0 radical (unpaired) electrons. The second kappa shape index (κ2) is 5.97. The van der Waals surface area contributed by atoms with Crippen LogP contribution in [0.2, 0.25) is 0 Å². The molecule has 0 aliphatic heterocycles. The molecule has 6 nitrogen and oxygen atoms in total. The maximum Gasteiger partial charge on any atom is 0.276 e. The van der Waals surface area contributed by atoms with E-state index >= 15 is 0 Å². The quantitative estimate of drug-likeness (QED) is 0.891. The molecule has 0 saturated carbocycles. The minimum Gasteiger partial charge on any atom is -0.395 e. The van der Waals surface area contributed by atoms with Gasteiger partial charge in [0.25, 0.3) is 5.91 Å². The minimum atomic E-state index is -0.385. The zero-order valence-electron chi connectivity index (χ0n) is 11.6. The number of nitriles is 1. The predicted molar refractivity (Wildman–Crippen MR) is 83.9 cm³/mol. The van der Waals surface area contributed by atoms with Crippen LogP contribution in [0.25, 0.3) is 0 Å². The molecule has 0 saturated heterocycles. The molecule has 0 spiro atoms. The summed E-state index contributed by atoms with van der Waals surface area (Å²) in [6.07, 6.45) is 0. The van der Waals surface area contributed by atoms with Crippen LogP contribution in [0.4, 0.5) is 11.4 Å². The van der Waals surface area contributed by atoms with Crippen molar-refractivity contribution in [2.75, 3.05) is 11.1 Å². The van der Waals surface area contributed by atoms with Crippen molar-refractivity contribution in [1.29, 1.82) is 5.26 Å². The molecule has 7 heteroatoms. The number of anilines is 2. The fourth-order valence-corrected chi connectivity index (χ4v) is 2.32. The Labute approximate surface area is 130 Å². The van der Waals surface area contributed by atoms with E-state index in [1.807, 2.05) is 13.0 Å². The Morgan fingerprint density at radius 3 is 2.90 bits per heavy atom. The Balaban J connectivity index is 2.40. The van der Waals surface area contributed by atoms with E-state index in [2.05, 4.69) is 26.3 Å². The number of hydrogen-bond acceptors (Lipinski definition) is 4. The second-order valence-corrected chi connectivity index (χ2v) is 5.33. The number of nitrogens with one attached hydrogen (secondary N) is 1. The van der Waals surface area contributed by atoms with Crippen molar-refractivity contribution in [3.63, 3.8) is 0 Å². The van der Waals surface area contributed by atoms with Gasteiger partial charge in [0.15, 0.2) is 0 Å².